The van der Waals surface area contributed by atoms with E-state index in [1.54, 1.807) is 0 Å². The third-order valence-corrected chi connectivity index (χ3v) is 11.5. The summed E-state index contributed by atoms with van der Waals surface area (Å²) >= 11 is 0. The maximum atomic E-state index is 12.8. The number of unbranched alkanes of at least 4 members (excludes halogenated alkanes) is 13. The van der Waals surface area contributed by atoms with Crippen molar-refractivity contribution in [1.82, 2.24) is 0 Å². The van der Waals surface area contributed by atoms with Crippen LogP contribution in [0.1, 0.15) is 181 Å². The molecule has 9 heteroatoms. The van der Waals surface area contributed by atoms with Crippen molar-refractivity contribution in [3.63, 3.8) is 0 Å². The number of ether oxygens (including phenoxy) is 2. The Morgan fingerprint density at radius 1 is 0.463 bits per heavy atom. The SMILES string of the molecule is CC/C=C\C/C=C\C/C=C\C/C=C\C/C=C\C/C=C\CCCCCCCCCOCC(COP(=O)(O)OCC[N+](C)(C)C)OC(=O)CCCCCCCC/C=C\C/C=C\C/C=C\C/C=C\CC. The van der Waals surface area contributed by atoms with Gasteiger partial charge in [0.15, 0.2) is 0 Å². The van der Waals surface area contributed by atoms with E-state index in [2.05, 4.69) is 135 Å². The highest BCUT2D eigenvalue weighted by Gasteiger charge is 2.26. The Morgan fingerprint density at radius 3 is 1.22 bits per heavy atom. The molecule has 0 heterocycles. The molecule has 0 fully saturated rings. The summed E-state index contributed by atoms with van der Waals surface area (Å²) in [6.07, 6.45) is 71.0. The summed E-state index contributed by atoms with van der Waals surface area (Å²) in [5, 5.41) is 0. The van der Waals surface area contributed by atoms with Crippen LogP contribution in [-0.4, -0.2) is 75.6 Å². The summed E-state index contributed by atoms with van der Waals surface area (Å²) in [4.78, 5) is 23.0. The number of nitrogens with zero attached hydrogens (tertiary/aromatic N) is 1. The van der Waals surface area contributed by atoms with Crippen LogP contribution in [0.5, 0.6) is 0 Å². The fraction of sp³-hybridized carbons (Fsp3) is 0.638. The Hall–Kier alpha value is -3.10. The van der Waals surface area contributed by atoms with E-state index in [9.17, 15) is 14.3 Å². The van der Waals surface area contributed by atoms with Gasteiger partial charge >= 0.3 is 13.8 Å². The first-order valence-electron chi connectivity index (χ1n) is 26.3. The fourth-order valence-electron chi connectivity index (χ4n) is 6.55. The Bertz CT molecular complexity index is 1480. The van der Waals surface area contributed by atoms with Gasteiger partial charge in [-0.15, -0.1) is 0 Å². The van der Waals surface area contributed by atoms with Crippen molar-refractivity contribution in [2.24, 2.45) is 0 Å². The minimum Gasteiger partial charge on any atom is -0.457 e. The predicted octanol–water partition coefficient (Wildman–Crippen LogP) is 16.5. The minimum absolute atomic E-state index is 0.0755. The number of likely N-dealkylation sites (N-methyl/N-ethyl adjacent to an activating group) is 1. The molecule has 2 unspecified atom stereocenters. The molecular formula is C58H99NO7P+. The quantitative estimate of drug-likeness (QED) is 0.0214. The van der Waals surface area contributed by atoms with Crippen molar-refractivity contribution in [2.45, 2.75) is 187 Å². The monoisotopic (exact) mass is 953 g/mol. The van der Waals surface area contributed by atoms with Gasteiger partial charge in [-0.2, -0.15) is 0 Å². The van der Waals surface area contributed by atoms with Crippen molar-refractivity contribution < 1.29 is 37.3 Å². The van der Waals surface area contributed by atoms with Crippen LogP contribution in [0.4, 0.5) is 0 Å². The van der Waals surface area contributed by atoms with Crippen molar-refractivity contribution in [3.05, 3.63) is 122 Å². The molecule has 8 nitrogen and oxygen atoms in total. The number of quaternary nitrogens is 1. The van der Waals surface area contributed by atoms with Crippen LogP contribution in [0.2, 0.25) is 0 Å². The summed E-state index contributed by atoms with van der Waals surface area (Å²) in [6, 6.07) is 0. The van der Waals surface area contributed by atoms with Gasteiger partial charge in [0.2, 0.25) is 0 Å². The third-order valence-electron chi connectivity index (χ3n) is 10.5. The van der Waals surface area contributed by atoms with E-state index in [0.29, 0.717) is 24.1 Å². The Kier molecular flexibility index (Phi) is 47.0. The second-order valence-electron chi connectivity index (χ2n) is 18.1. The molecule has 0 aromatic carbocycles. The average Bonchev–Trinajstić information content (AvgIpc) is 3.29. The smallest absolute Gasteiger partial charge is 0.457 e. The molecule has 1 N–H and O–H groups in total. The van der Waals surface area contributed by atoms with Crippen molar-refractivity contribution in [3.8, 4) is 0 Å². The lowest BCUT2D eigenvalue weighted by molar-refractivity contribution is -0.870. The van der Waals surface area contributed by atoms with Crippen molar-refractivity contribution >= 4 is 13.8 Å². The minimum atomic E-state index is -4.30. The van der Waals surface area contributed by atoms with E-state index in [0.717, 1.165) is 122 Å². The number of carbonyl (C=O) groups excluding carboxylic acids is 1. The zero-order chi connectivity index (χ0) is 49.0. The number of phosphoric acid groups is 1. The first-order valence-corrected chi connectivity index (χ1v) is 27.8. The lowest BCUT2D eigenvalue weighted by Gasteiger charge is -2.24. The summed E-state index contributed by atoms with van der Waals surface area (Å²) in [6.45, 7) is 5.32. The Labute approximate surface area is 412 Å². The summed E-state index contributed by atoms with van der Waals surface area (Å²) in [7, 11) is 1.63. The molecule has 0 bridgehead atoms. The van der Waals surface area contributed by atoms with Gasteiger partial charge in [0.1, 0.15) is 19.3 Å². The second kappa shape index (κ2) is 49.3. The van der Waals surface area contributed by atoms with Gasteiger partial charge in [0.05, 0.1) is 34.4 Å². The predicted molar refractivity (Wildman–Crippen MR) is 288 cm³/mol. The van der Waals surface area contributed by atoms with Gasteiger partial charge in [-0.05, 0) is 103 Å². The van der Waals surface area contributed by atoms with Gasteiger partial charge in [-0.1, -0.05) is 193 Å². The number of carbonyl (C=O) groups is 1. The van der Waals surface area contributed by atoms with Gasteiger partial charge in [0, 0.05) is 13.0 Å². The maximum absolute atomic E-state index is 12.8. The number of phosphoric ester groups is 1. The molecule has 0 saturated heterocycles. The summed E-state index contributed by atoms with van der Waals surface area (Å²) < 4.78 is 35.1. The normalized spacial score (nSPS) is 14.5. The lowest BCUT2D eigenvalue weighted by atomic mass is 10.1. The number of esters is 1. The van der Waals surface area contributed by atoms with Gasteiger partial charge in [-0.25, -0.2) is 4.57 Å². The van der Waals surface area contributed by atoms with Crippen LogP contribution in [0.3, 0.4) is 0 Å². The molecule has 0 rings (SSSR count). The first-order chi connectivity index (χ1) is 32.6. The largest absolute Gasteiger partial charge is 0.472 e. The highest BCUT2D eigenvalue weighted by atomic mass is 31.2. The number of allylic oxidation sites excluding steroid dienone is 20. The topological polar surface area (TPSA) is 91.3 Å². The molecular weight excluding hydrogens is 854 g/mol. The molecule has 0 aliphatic rings. The van der Waals surface area contributed by atoms with E-state index < -0.39 is 13.9 Å². The Morgan fingerprint density at radius 2 is 0.821 bits per heavy atom. The fourth-order valence-corrected chi connectivity index (χ4v) is 7.29. The molecule has 0 amide bonds. The van der Waals surface area contributed by atoms with E-state index >= 15 is 0 Å². The Balaban J connectivity index is 4.22. The van der Waals surface area contributed by atoms with Crippen LogP contribution in [0.15, 0.2) is 122 Å². The van der Waals surface area contributed by atoms with Crippen LogP contribution >= 0.6 is 7.82 Å². The van der Waals surface area contributed by atoms with E-state index in [4.69, 9.17) is 18.5 Å². The number of rotatable bonds is 47. The van der Waals surface area contributed by atoms with Crippen LogP contribution < -0.4 is 0 Å². The summed E-state index contributed by atoms with van der Waals surface area (Å²) in [5.41, 5.74) is 0. The molecule has 382 valence electrons. The number of hydrogen-bond acceptors (Lipinski definition) is 6. The second-order valence-corrected chi connectivity index (χ2v) is 19.6. The molecule has 0 spiro atoms. The molecule has 0 saturated carbocycles. The van der Waals surface area contributed by atoms with Crippen LogP contribution in [-0.2, 0) is 27.9 Å². The summed E-state index contributed by atoms with van der Waals surface area (Å²) in [5.74, 6) is -0.337. The highest BCUT2D eigenvalue weighted by molar-refractivity contribution is 7.47. The maximum Gasteiger partial charge on any atom is 0.472 e. The van der Waals surface area contributed by atoms with Crippen molar-refractivity contribution in [1.29, 1.82) is 0 Å². The molecule has 2 atom stereocenters. The number of hydrogen-bond donors (Lipinski definition) is 1. The molecule has 0 radical (unpaired) electrons. The molecule has 0 aliphatic carbocycles. The van der Waals surface area contributed by atoms with Gasteiger partial charge in [-0.3, -0.25) is 13.8 Å². The molecule has 0 aromatic heterocycles. The average molecular weight is 953 g/mol. The zero-order valence-corrected chi connectivity index (χ0v) is 44.2. The van der Waals surface area contributed by atoms with E-state index in [1.807, 2.05) is 21.1 Å². The van der Waals surface area contributed by atoms with Crippen LogP contribution in [0, 0.1) is 0 Å². The molecule has 67 heavy (non-hydrogen) atoms. The van der Waals surface area contributed by atoms with Gasteiger partial charge < -0.3 is 18.9 Å². The van der Waals surface area contributed by atoms with Crippen molar-refractivity contribution in [2.75, 3.05) is 54.1 Å². The van der Waals surface area contributed by atoms with Crippen LogP contribution in [0.25, 0.3) is 0 Å². The molecule has 0 aliphatic heterocycles. The van der Waals surface area contributed by atoms with E-state index in [-0.39, 0.29) is 25.8 Å². The van der Waals surface area contributed by atoms with E-state index in [1.165, 1.54) is 38.5 Å². The third kappa shape index (κ3) is 53.7. The highest BCUT2D eigenvalue weighted by Crippen LogP contribution is 2.43. The first kappa shape index (κ1) is 63.9. The zero-order valence-electron chi connectivity index (χ0n) is 43.3. The lowest BCUT2D eigenvalue weighted by Crippen LogP contribution is -2.37. The standard InChI is InChI=1S/C58H98NO7P/c1-6-8-10-12-14-16-18-20-22-24-26-27-28-29-30-31-32-34-36-38-40-42-44-46-48-50-53-63-55-57(56-65-67(61,62)64-54-52-59(3,4)5)66-58(60)51-49-47-45-43-41-39-37-35-33-25-23-21-19-17-15-13-11-9-7-2/h8-11,14-17,20-23,26-27,29-30,32-35,57H,6-7,12-13,18-19,24-25,28,31,36-56H2,1-5H3/p+1/b10-8-,11-9-,16-14-,17-15-,22-20-,23-21-,27-26-,30-29-,34-32-,35-33-. The van der Waals surface area contributed by atoms with Gasteiger partial charge in [0.25, 0.3) is 0 Å². The molecule has 0 aromatic rings.